The molecule has 2 aromatic rings. The predicted molar refractivity (Wildman–Crippen MR) is 102 cm³/mol. The van der Waals surface area contributed by atoms with Crippen LogP contribution in [-0.2, 0) is 17.8 Å². The van der Waals surface area contributed by atoms with Crippen molar-refractivity contribution >= 4 is 5.91 Å². The summed E-state index contributed by atoms with van der Waals surface area (Å²) in [6.07, 6.45) is 2.58. The molecule has 0 aliphatic carbocycles. The number of ether oxygens (including phenoxy) is 3. The summed E-state index contributed by atoms with van der Waals surface area (Å²) in [4.78, 5) is 14.0. The molecule has 0 bridgehead atoms. The topological polar surface area (TPSA) is 48.0 Å². The van der Waals surface area contributed by atoms with Gasteiger partial charge in [-0.1, -0.05) is 24.3 Å². The van der Waals surface area contributed by atoms with E-state index in [2.05, 4.69) is 6.58 Å². The first-order valence-corrected chi connectivity index (χ1v) is 8.35. The maximum absolute atomic E-state index is 12.3. The first kappa shape index (κ1) is 19.4. The summed E-state index contributed by atoms with van der Waals surface area (Å²) in [6.45, 7) is 4.18. The molecule has 0 unspecified atom stereocenters. The smallest absolute Gasteiger partial charge is 0.260 e. The Hall–Kier alpha value is -2.95. The molecule has 1 amide bonds. The third kappa shape index (κ3) is 5.28. The first-order valence-electron chi connectivity index (χ1n) is 8.35. The van der Waals surface area contributed by atoms with Crippen LogP contribution in [0.3, 0.4) is 0 Å². The van der Waals surface area contributed by atoms with E-state index in [-0.39, 0.29) is 12.5 Å². The van der Waals surface area contributed by atoms with E-state index >= 15 is 0 Å². The highest BCUT2D eigenvalue weighted by molar-refractivity contribution is 5.77. The van der Waals surface area contributed by atoms with E-state index in [0.717, 1.165) is 23.3 Å². The van der Waals surface area contributed by atoms with Crippen molar-refractivity contribution < 1.29 is 19.0 Å². The number of hydrogen-bond acceptors (Lipinski definition) is 4. The van der Waals surface area contributed by atoms with Crippen molar-refractivity contribution in [1.29, 1.82) is 0 Å². The fourth-order valence-corrected chi connectivity index (χ4v) is 2.47. The normalized spacial score (nSPS) is 10.1. The molecule has 0 aliphatic rings. The largest absolute Gasteiger partial charge is 0.497 e. The second kappa shape index (κ2) is 9.51. The fraction of sp³-hybridized carbons (Fsp3) is 0.286. The van der Waals surface area contributed by atoms with Gasteiger partial charge in [0.05, 0.1) is 14.2 Å². The van der Waals surface area contributed by atoms with Gasteiger partial charge in [0.15, 0.2) is 18.1 Å². The van der Waals surface area contributed by atoms with Crippen molar-refractivity contribution in [2.45, 2.75) is 13.0 Å². The van der Waals surface area contributed by atoms with Gasteiger partial charge >= 0.3 is 0 Å². The third-order valence-electron chi connectivity index (χ3n) is 3.96. The number of carbonyl (C=O) groups is 1. The highest BCUT2D eigenvalue weighted by atomic mass is 16.5. The predicted octanol–water partition coefficient (Wildman–Crippen LogP) is 3.47. The molecule has 5 nitrogen and oxygen atoms in total. The average Bonchev–Trinajstić information content (AvgIpc) is 2.67. The van der Waals surface area contributed by atoms with Gasteiger partial charge < -0.3 is 19.1 Å². The summed E-state index contributed by atoms with van der Waals surface area (Å²) in [7, 11) is 4.96. The molecule has 5 heteroatoms. The highest BCUT2D eigenvalue weighted by Crippen LogP contribution is 2.28. The van der Waals surface area contributed by atoms with Gasteiger partial charge in [0, 0.05) is 13.6 Å². The molecular formula is C21H25NO4. The number of allylic oxidation sites excluding steroid dienone is 1. The number of methoxy groups -OCH3 is 2. The lowest BCUT2D eigenvalue weighted by atomic mass is 10.1. The summed E-state index contributed by atoms with van der Waals surface area (Å²) in [6, 6.07) is 13.3. The number of carbonyl (C=O) groups excluding carboxylic acids is 1. The van der Waals surface area contributed by atoms with Crippen LogP contribution in [0.4, 0.5) is 0 Å². The Morgan fingerprint density at radius 1 is 1.04 bits per heavy atom. The Balaban J connectivity index is 1.93. The van der Waals surface area contributed by atoms with Crippen molar-refractivity contribution in [3.63, 3.8) is 0 Å². The number of nitrogens with zero attached hydrogens (tertiary/aromatic N) is 1. The Kier molecular flexibility index (Phi) is 7.09. The van der Waals surface area contributed by atoms with Crippen LogP contribution < -0.4 is 14.2 Å². The van der Waals surface area contributed by atoms with Crippen LogP contribution in [0.25, 0.3) is 0 Å². The number of benzene rings is 2. The summed E-state index contributed by atoms with van der Waals surface area (Å²) < 4.78 is 16.1. The van der Waals surface area contributed by atoms with E-state index in [4.69, 9.17) is 14.2 Å². The first-order chi connectivity index (χ1) is 12.6. The Morgan fingerprint density at radius 2 is 1.73 bits per heavy atom. The second-order valence-electron chi connectivity index (χ2n) is 5.86. The Bertz CT molecular complexity index is 740. The van der Waals surface area contributed by atoms with Crippen LogP contribution in [0.15, 0.2) is 55.1 Å². The third-order valence-corrected chi connectivity index (χ3v) is 3.96. The monoisotopic (exact) mass is 355 g/mol. The van der Waals surface area contributed by atoms with Crippen LogP contribution in [0.2, 0.25) is 0 Å². The van der Waals surface area contributed by atoms with Gasteiger partial charge in [0.2, 0.25) is 0 Å². The van der Waals surface area contributed by atoms with Crippen molar-refractivity contribution in [3.8, 4) is 17.2 Å². The minimum Gasteiger partial charge on any atom is -0.497 e. The summed E-state index contributed by atoms with van der Waals surface area (Å²) in [5.74, 6) is 1.83. The molecule has 138 valence electrons. The van der Waals surface area contributed by atoms with Crippen LogP contribution in [0, 0.1) is 0 Å². The van der Waals surface area contributed by atoms with Gasteiger partial charge in [-0.3, -0.25) is 4.79 Å². The summed E-state index contributed by atoms with van der Waals surface area (Å²) >= 11 is 0. The van der Waals surface area contributed by atoms with E-state index in [1.54, 1.807) is 26.2 Å². The molecule has 0 aliphatic heterocycles. The van der Waals surface area contributed by atoms with E-state index in [9.17, 15) is 4.79 Å². The number of hydrogen-bond donors (Lipinski definition) is 0. The summed E-state index contributed by atoms with van der Waals surface area (Å²) in [5.41, 5.74) is 2.10. The molecule has 0 radical (unpaired) electrons. The fourth-order valence-electron chi connectivity index (χ4n) is 2.47. The maximum atomic E-state index is 12.3. The number of rotatable bonds is 9. The molecule has 0 saturated carbocycles. The van der Waals surface area contributed by atoms with E-state index in [1.165, 1.54) is 0 Å². The minimum atomic E-state index is -0.113. The van der Waals surface area contributed by atoms with Gasteiger partial charge in [-0.15, -0.1) is 6.58 Å². The molecule has 0 N–H and O–H groups in total. The molecule has 2 rings (SSSR count). The lowest BCUT2D eigenvalue weighted by Gasteiger charge is -2.18. The minimum absolute atomic E-state index is 0.0518. The second-order valence-corrected chi connectivity index (χ2v) is 5.86. The van der Waals surface area contributed by atoms with Gasteiger partial charge in [-0.25, -0.2) is 0 Å². The molecule has 0 atom stereocenters. The quantitative estimate of drug-likeness (QED) is 0.646. The lowest BCUT2D eigenvalue weighted by molar-refractivity contribution is -0.132. The van der Waals surface area contributed by atoms with Crippen LogP contribution >= 0.6 is 0 Å². The molecule has 26 heavy (non-hydrogen) atoms. The molecular weight excluding hydrogens is 330 g/mol. The van der Waals surface area contributed by atoms with Crippen LogP contribution in [0.1, 0.15) is 11.1 Å². The van der Waals surface area contributed by atoms with E-state index < -0.39 is 0 Å². The highest BCUT2D eigenvalue weighted by Gasteiger charge is 2.12. The molecule has 0 fully saturated rings. The van der Waals surface area contributed by atoms with Crippen molar-refractivity contribution in [3.05, 3.63) is 66.2 Å². The maximum Gasteiger partial charge on any atom is 0.260 e. The number of amides is 1. The Labute approximate surface area is 154 Å². The molecule has 0 heterocycles. The average molecular weight is 355 g/mol. The van der Waals surface area contributed by atoms with Crippen molar-refractivity contribution in [2.24, 2.45) is 0 Å². The zero-order valence-corrected chi connectivity index (χ0v) is 15.5. The van der Waals surface area contributed by atoms with Crippen molar-refractivity contribution in [1.82, 2.24) is 4.90 Å². The molecule has 0 spiro atoms. The zero-order valence-electron chi connectivity index (χ0n) is 15.5. The van der Waals surface area contributed by atoms with Crippen LogP contribution in [0.5, 0.6) is 17.2 Å². The lowest BCUT2D eigenvalue weighted by Crippen LogP contribution is -2.31. The SMILES string of the molecule is C=CCc1ccc(OCC(=O)N(C)Cc2ccc(OC)cc2)c(OC)c1. The molecule has 0 aromatic heterocycles. The molecule has 0 saturated heterocycles. The van der Waals surface area contributed by atoms with E-state index in [1.807, 2.05) is 48.5 Å². The Morgan fingerprint density at radius 3 is 2.35 bits per heavy atom. The van der Waals surface area contributed by atoms with Gasteiger partial charge in [0.1, 0.15) is 5.75 Å². The molecule has 2 aromatic carbocycles. The van der Waals surface area contributed by atoms with E-state index in [0.29, 0.717) is 18.0 Å². The van der Waals surface area contributed by atoms with Gasteiger partial charge in [0.25, 0.3) is 5.91 Å². The standard InChI is InChI=1S/C21H25NO4/c1-5-6-16-9-12-19(20(13-16)25-4)26-15-21(23)22(2)14-17-7-10-18(24-3)11-8-17/h5,7-13H,1,6,14-15H2,2-4H3. The van der Waals surface area contributed by atoms with Gasteiger partial charge in [-0.05, 0) is 41.8 Å². The van der Waals surface area contributed by atoms with Crippen LogP contribution in [-0.4, -0.2) is 38.7 Å². The van der Waals surface area contributed by atoms with Crippen molar-refractivity contribution in [2.75, 3.05) is 27.9 Å². The number of likely N-dealkylation sites (N-methyl/N-ethyl adjacent to an activating group) is 1. The summed E-state index contributed by atoms with van der Waals surface area (Å²) in [5, 5.41) is 0. The van der Waals surface area contributed by atoms with Gasteiger partial charge in [-0.2, -0.15) is 0 Å². The zero-order chi connectivity index (χ0) is 18.9.